The molecule has 730 valence electrons. The number of methoxy groups -OCH3 is 1. The summed E-state index contributed by atoms with van der Waals surface area (Å²) in [6.45, 7) is 61.9. The van der Waals surface area contributed by atoms with Crippen molar-refractivity contribution in [3.63, 3.8) is 0 Å². The maximum absolute atomic E-state index is 13.0. The summed E-state index contributed by atoms with van der Waals surface area (Å²) in [5.41, 5.74) is 18.3. The Morgan fingerprint density at radius 3 is 1.24 bits per heavy atom. The van der Waals surface area contributed by atoms with Crippen LogP contribution in [0.5, 0.6) is 5.88 Å². The summed E-state index contributed by atoms with van der Waals surface area (Å²) in [5, 5.41) is 4.21. The number of carbonyl (C=O) groups excluding carboxylic acids is 5. The molecular formula is C119H107N21O7. The normalized spacial score (nSPS) is 27.1. The first-order valence-electron chi connectivity index (χ1n) is 50.0. The average Bonchev–Trinajstić information content (AvgIpc) is 1.50. The number of ketones is 5. The second kappa shape index (κ2) is 38.5. The molecule has 1 N–H and O–H groups in total. The van der Waals surface area contributed by atoms with Gasteiger partial charge in [0.2, 0.25) is 34.6 Å². The minimum absolute atomic E-state index is 0.0378. The SMILES string of the molecule is [C-]#[N+]C1=C[C@@]2(C)c3nc(-c4cccnc4)nc(C)c3CC[C@@H]2[C@@H](C)C1=O.[C-]#[N+]C1=C[C@@]2(C)c3nc(-c4ccnc5ccccc45)nc(OC)c3CC[C@@H]2[C@@H](C)C1=O.[C-]#[N+]C1=C[C@@]2(C)c3nc(-c4ccncc4)nc(-c4ccccc4)c3CC[C@@H]2[C@@H](C)C1=O.[C-]#[N+]C1=C[C@@]2(C)c3nc(Nc4ccncc4)nc(C)c3CC[C@@H]2[C@@H](C)C1=O.[C-]#[N+][C@]12O[C@H]1[C@@]1(C)c3nc(-c4ccncc4)nc(-c4ccccc4)c3CC[C@@H]1[C@@H](C)C2=O. The lowest BCUT2D eigenvalue weighted by Crippen LogP contribution is -2.55. The van der Waals surface area contributed by atoms with Crippen molar-refractivity contribution in [3.05, 3.63) is 367 Å². The van der Waals surface area contributed by atoms with Crippen LogP contribution in [0.25, 0.3) is 103 Å². The smallest absolute Gasteiger partial charge is 0.424 e. The van der Waals surface area contributed by atoms with E-state index in [1.165, 1.54) is 0 Å². The van der Waals surface area contributed by atoms with Crippen molar-refractivity contribution in [2.24, 2.45) is 59.2 Å². The molecule has 10 aliphatic carbocycles. The lowest BCUT2D eigenvalue weighted by Gasteiger charge is -2.46. The molecule has 11 aliphatic rings. The molecule has 28 nitrogen and oxygen atoms in total. The molecule has 0 radical (unpaired) electrons. The Labute approximate surface area is 853 Å². The molecule has 1 aliphatic heterocycles. The molecule has 3 aromatic carbocycles. The van der Waals surface area contributed by atoms with E-state index in [1.54, 1.807) is 62.9 Å². The molecule has 0 spiro atoms. The number of rotatable bonds is 9. The Morgan fingerprint density at radius 2 is 0.776 bits per heavy atom. The number of carbonyl (C=O) groups is 5. The van der Waals surface area contributed by atoms with Gasteiger partial charge < -0.3 is 29.2 Å². The molecule has 0 unspecified atom stereocenters. The zero-order valence-corrected chi connectivity index (χ0v) is 84.0. The molecule has 0 bridgehead atoms. The number of allylic oxidation sites excluding steroid dienone is 8. The number of aryl methyl sites for hydroxylation is 2. The van der Waals surface area contributed by atoms with E-state index in [4.69, 9.17) is 87.2 Å². The lowest BCUT2D eigenvalue weighted by atomic mass is 9.55. The number of ether oxygens (including phenoxy) is 2. The molecule has 1 saturated heterocycles. The van der Waals surface area contributed by atoms with Gasteiger partial charge in [0.1, 0.15) is 0 Å². The third-order valence-electron chi connectivity index (χ3n) is 33.2. The van der Waals surface area contributed by atoms with Crippen molar-refractivity contribution in [2.75, 3.05) is 12.4 Å². The minimum atomic E-state index is -1.35. The van der Waals surface area contributed by atoms with E-state index in [2.05, 4.69) is 118 Å². The number of anilines is 2. The van der Waals surface area contributed by atoms with Crippen LogP contribution in [-0.2, 0) is 87.9 Å². The van der Waals surface area contributed by atoms with Crippen molar-refractivity contribution in [3.8, 4) is 73.9 Å². The third-order valence-corrected chi connectivity index (χ3v) is 33.2. The molecular weight excluding hydrogens is 1840 g/mol. The molecule has 28 heteroatoms. The Hall–Kier alpha value is -16.6. The predicted octanol–water partition coefficient (Wildman–Crippen LogP) is 21.3. The second-order valence-corrected chi connectivity index (χ2v) is 41.2. The lowest BCUT2D eigenvalue weighted by molar-refractivity contribution is -0.130. The number of hydrogen-bond acceptors (Lipinski definition) is 23. The van der Waals surface area contributed by atoms with Crippen LogP contribution in [0.3, 0.4) is 0 Å². The van der Waals surface area contributed by atoms with Crippen LogP contribution in [0.2, 0.25) is 0 Å². The zero-order chi connectivity index (χ0) is 103. The van der Waals surface area contributed by atoms with Crippen LogP contribution in [-0.4, -0.2) is 123 Å². The van der Waals surface area contributed by atoms with E-state index >= 15 is 0 Å². The molecule has 0 amide bonds. The Bertz CT molecular complexity index is 7940. The Balaban J connectivity index is 0.000000112. The highest BCUT2D eigenvalue weighted by molar-refractivity contribution is 6.03. The van der Waals surface area contributed by atoms with Crippen molar-refractivity contribution < 1.29 is 33.4 Å². The van der Waals surface area contributed by atoms with E-state index in [9.17, 15) is 24.0 Å². The third kappa shape index (κ3) is 16.6. The fourth-order valence-electron chi connectivity index (χ4n) is 25.6. The summed E-state index contributed by atoms with van der Waals surface area (Å²) in [6.07, 6.45) is 31.0. The highest BCUT2D eigenvalue weighted by Gasteiger charge is 2.84. The fourth-order valence-corrected chi connectivity index (χ4v) is 25.6. The monoisotopic (exact) mass is 1940 g/mol. The van der Waals surface area contributed by atoms with Crippen molar-refractivity contribution >= 4 is 51.5 Å². The van der Waals surface area contributed by atoms with Gasteiger partial charge in [-0.25, -0.2) is 70.8 Å². The largest absolute Gasteiger partial charge is 0.481 e. The number of nitrogens with zero attached hydrogens (tertiary/aromatic N) is 20. The molecule has 2 fully saturated rings. The van der Waals surface area contributed by atoms with Crippen molar-refractivity contribution in [1.29, 1.82) is 0 Å². The van der Waals surface area contributed by atoms with E-state index < -0.39 is 38.9 Å². The average molecular weight is 1940 g/mol. The molecule has 13 aromatic rings. The van der Waals surface area contributed by atoms with E-state index in [0.717, 1.165) is 193 Å². The summed E-state index contributed by atoms with van der Waals surface area (Å²) in [7, 11) is 1.62. The number of benzene rings is 3. The van der Waals surface area contributed by atoms with Gasteiger partial charge in [-0.05, 0) is 179 Å². The first-order chi connectivity index (χ1) is 70.9. The highest BCUT2D eigenvalue weighted by Crippen LogP contribution is 2.65. The molecule has 17 atom stereocenters. The minimum Gasteiger partial charge on any atom is -0.481 e. The van der Waals surface area contributed by atoms with E-state index in [1.807, 2.05) is 188 Å². The van der Waals surface area contributed by atoms with Gasteiger partial charge in [-0.1, -0.05) is 172 Å². The number of pyridine rings is 5. The van der Waals surface area contributed by atoms with Gasteiger partial charge in [0.25, 0.3) is 5.78 Å². The molecule has 24 rings (SSSR count). The Morgan fingerprint density at radius 1 is 0.374 bits per heavy atom. The van der Waals surface area contributed by atoms with Crippen LogP contribution in [0, 0.1) is 106 Å². The number of nitrogens with one attached hydrogen (secondary N) is 1. The zero-order valence-electron chi connectivity index (χ0n) is 84.0. The number of epoxide rings is 1. The van der Waals surface area contributed by atoms with Gasteiger partial charge in [-0.15, -0.1) is 0 Å². The van der Waals surface area contributed by atoms with Crippen molar-refractivity contribution in [1.82, 2.24) is 74.8 Å². The van der Waals surface area contributed by atoms with Gasteiger partial charge >= 0.3 is 5.72 Å². The summed E-state index contributed by atoms with van der Waals surface area (Å²) in [4.78, 5) is 151. The molecule has 10 aromatic heterocycles. The quantitative estimate of drug-likeness (QED) is 0.104. The van der Waals surface area contributed by atoms with Gasteiger partial charge in [-0.3, -0.25) is 39.3 Å². The summed E-state index contributed by atoms with van der Waals surface area (Å²) in [5.74, 6) is 2.86. The van der Waals surface area contributed by atoms with E-state index in [0.29, 0.717) is 35.1 Å². The number of Topliss-reactive ketones (excluding diaryl/α,β-unsaturated/α-hetero) is 5. The second-order valence-electron chi connectivity index (χ2n) is 41.2. The summed E-state index contributed by atoms with van der Waals surface area (Å²) >= 11 is 0. The van der Waals surface area contributed by atoms with Crippen LogP contribution >= 0.6 is 0 Å². The number of para-hydroxylation sites is 1. The maximum Gasteiger partial charge on any atom is 0.424 e. The molecule has 1 saturated carbocycles. The van der Waals surface area contributed by atoms with Gasteiger partial charge in [0.15, 0.2) is 52.5 Å². The molecule has 147 heavy (non-hydrogen) atoms. The van der Waals surface area contributed by atoms with Gasteiger partial charge in [-0.2, -0.15) is 4.98 Å². The van der Waals surface area contributed by atoms with Crippen molar-refractivity contribution in [2.45, 2.75) is 186 Å². The highest BCUT2D eigenvalue weighted by atomic mass is 16.6. The summed E-state index contributed by atoms with van der Waals surface area (Å²) in [6, 6.07) is 45.3. The fraction of sp³-hybridized carbons (Fsp3) is 0.336. The van der Waals surface area contributed by atoms with Gasteiger partial charge in [0, 0.05) is 180 Å². The van der Waals surface area contributed by atoms with E-state index in [-0.39, 0.29) is 111 Å². The van der Waals surface area contributed by atoms with Crippen LogP contribution in [0.1, 0.15) is 169 Å². The topological polar surface area (TPSA) is 334 Å². The number of aromatic nitrogens is 15. The summed E-state index contributed by atoms with van der Waals surface area (Å²) < 4.78 is 11.6. The predicted molar refractivity (Wildman–Crippen MR) is 555 cm³/mol. The number of fused-ring (bicyclic) bond motifs is 18. The van der Waals surface area contributed by atoms with Crippen LogP contribution in [0.15, 0.2) is 242 Å². The van der Waals surface area contributed by atoms with Crippen LogP contribution in [0.4, 0.5) is 11.6 Å². The maximum atomic E-state index is 13.0. The first-order valence-corrected chi connectivity index (χ1v) is 50.0. The van der Waals surface area contributed by atoms with Crippen LogP contribution < -0.4 is 10.1 Å². The molecule has 11 heterocycles. The number of hydrogen-bond donors (Lipinski definition) is 1. The first kappa shape index (κ1) is 97.8. The Kier molecular flexibility index (Phi) is 25.6. The van der Waals surface area contributed by atoms with Gasteiger partial charge in [0.05, 0.1) is 84.2 Å². The standard InChI is InChI=1S/C26H22N4O2.C26H22N4O.C25H22N4O2.C21H21N5O.C21H20N4O/c1-15-19-10-9-18-20(16-7-5-4-6-8-16)29-23(17-11-13-28-14-12-17)30-21(18)25(19,2)24-26(27-3,32-24)22(15)31;1-16-20-10-9-19-22(17-7-5-4-6-8-17)29-25(18-11-13-28-14-12-18)30-24(19)26(20,2)15-21(27-3)23(16)31;1-14-18-10-9-17-22(25(18,2)13-20(26-3)21(14)30)28-23(29-24(17)31-4)16-11-12-27-19-8-6-5-7-15(16)19;1-12-16-6-5-15-13(2)24-20(25-14-7-9-23-10-8-14)26-19(15)21(16,3)11-17(22-4)18(12)27;1-12-16-8-7-15-13(2)24-20(14-6-5-9-23-11-14)25-19(15)21(16,3)10-17(22-4)18(12)26/h4-8,11-15,19,24H,9-10H2,1-2H3;4-8,11-16,20H,9-10H2,1-2H3;5-8,11-14,18H,9-10H2,1-2,4H3;7-12,16H,5-6H2,1-3H3,(H,23,24,25,26);5-6,9-12,16H,7-8H2,1-3H3/t15-,19-,24+,25-,26-;16-,20-,26-;14-,18-,25-;2*12-,16-,21-/m11111/s1.